The van der Waals surface area contributed by atoms with Crippen LogP contribution in [-0.4, -0.2) is 13.2 Å². The van der Waals surface area contributed by atoms with Crippen LogP contribution in [0.15, 0.2) is 109 Å². The van der Waals surface area contributed by atoms with Crippen LogP contribution in [0.4, 0.5) is 0 Å². The molecule has 0 heterocycles. The van der Waals surface area contributed by atoms with Gasteiger partial charge in [-0.3, -0.25) is 0 Å². The van der Waals surface area contributed by atoms with E-state index in [1.54, 1.807) is 0 Å². The molecule has 0 aromatic heterocycles. The summed E-state index contributed by atoms with van der Waals surface area (Å²) in [7, 11) is 0. The third-order valence-electron chi connectivity index (χ3n) is 14.7. The molecule has 4 nitrogen and oxygen atoms in total. The van der Waals surface area contributed by atoms with Crippen molar-refractivity contribution in [3.05, 3.63) is 131 Å². The van der Waals surface area contributed by atoms with Crippen molar-refractivity contribution in [2.75, 3.05) is 13.2 Å². The summed E-state index contributed by atoms with van der Waals surface area (Å²) in [5, 5.41) is 0. The lowest BCUT2D eigenvalue weighted by Gasteiger charge is -2.29. The van der Waals surface area contributed by atoms with Crippen molar-refractivity contribution in [3.8, 4) is 11.5 Å². The third-order valence-corrected chi connectivity index (χ3v) is 14.7. The fourth-order valence-electron chi connectivity index (χ4n) is 10.6. The molecule has 4 aromatic rings. The number of hydrogen-bond acceptors (Lipinski definition) is 4. The number of hydrogen-bond donors (Lipinski definition) is 0. The molecule has 0 amide bonds. The van der Waals surface area contributed by atoms with Gasteiger partial charge >= 0.3 is 0 Å². The van der Waals surface area contributed by atoms with Crippen molar-refractivity contribution in [3.63, 3.8) is 0 Å². The molecule has 350 valence electrons. The van der Waals surface area contributed by atoms with Gasteiger partial charge in [0, 0.05) is 0 Å². The Balaban J connectivity index is 0.924. The van der Waals surface area contributed by atoms with Gasteiger partial charge in [0.15, 0.2) is 0 Å². The number of unbranched alkanes of at least 4 members (excludes halogenated alkanes) is 8. The van der Waals surface area contributed by atoms with Crippen molar-refractivity contribution in [2.24, 2.45) is 23.7 Å². The Kier molecular flexibility index (Phi) is 23.2. The molecule has 2 aliphatic rings. The Morgan fingerprint density at radius 1 is 0.375 bits per heavy atom. The van der Waals surface area contributed by atoms with E-state index in [1.807, 2.05) is 0 Å². The van der Waals surface area contributed by atoms with E-state index in [2.05, 4.69) is 123 Å². The lowest BCUT2D eigenvalue weighted by molar-refractivity contribution is -0.0908. The van der Waals surface area contributed by atoms with Gasteiger partial charge in [0.1, 0.15) is 23.7 Å². The number of rotatable bonds is 31. The lowest BCUT2D eigenvalue weighted by atomic mass is 9.78. The molecule has 64 heavy (non-hydrogen) atoms. The Bertz CT molecular complexity index is 1590. The minimum absolute atomic E-state index is 0.298. The molecular formula is C60H86O4. The molecule has 0 aliphatic heterocycles. The van der Waals surface area contributed by atoms with Crippen LogP contribution in [-0.2, 0) is 22.7 Å². The zero-order chi connectivity index (χ0) is 44.3. The second-order valence-corrected chi connectivity index (χ2v) is 19.7. The van der Waals surface area contributed by atoms with E-state index in [0.717, 1.165) is 83.5 Å². The molecule has 0 radical (unpaired) electrons. The maximum atomic E-state index is 6.83. The molecule has 0 N–H and O–H groups in total. The van der Waals surface area contributed by atoms with Gasteiger partial charge in [-0.2, -0.15) is 0 Å². The Morgan fingerprint density at radius 2 is 0.703 bits per heavy atom. The monoisotopic (exact) mass is 871 g/mol. The van der Waals surface area contributed by atoms with Gasteiger partial charge in [-0.25, -0.2) is 0 Å². The van der Waals surface area contributed by atoms with Gasteiger partial charge < -0.3 is 18.9 Å². The highest BCUT2D eigenvalue weighted by Crippen LogP contribution is 2.38. The Hall–Kier alpha value is -3.60. The molecule has 4 aromatic carbocycles. The smallest absolute Gasteiger partial charge is 0.119 e. The summed E-state index contributed by atoms with van der Waals surface area (Å²) < 4.78 is 26.1. The average molecular weight is 871 g/mol. The van der Waals surface area contributed by atoms with Crippen LogP contribution in [0.25, 0.3) is 0 Å². The Morgan fingerprint density at radius 3 is 1.05 bits per heavy atom. The predicted molar refractivity (Wildman–Crippen MR) is 268 cm³/mol. The van der Waals surface area contributed by atoms with Gasteiger partial charge in [-0.15, -0.1) is 0 Å². The highest BCUT2D eigenvalue weighted by molar-refractivity contribution is 5.29. The van der Waals surface area contributed by atoms with Crippen molar-refractivity contribution < 1.29 is 18.9 Å². The molecule has 2 atom stereocenters. The van der Waals surface area contributed by atoms with Crippen LogP contribution >= 0.6 is 0 Å². The lowest BCUT2D eigenvalue weighted by Crippen LogP contribution is -2.18. The fourth-order valence-corrected chi connectivity index (χ4v) is 10.6. The van der Waals surface area contributed by atoms with Gasteiger partial charge in [-0.05, 0) is 95.9 Å². The van der Waals surface area contributed by atoms with Crippen LogP contribution in [0.5, 0.6) is 11.5 Å². The van der Waals surface area contributed by atoms with E-state index >= 15 is 0 Å². The molecule has 2 saturated carbocycles. The molecule has 0 spiro atoms. The van der Waals surface area contributed by atoms with E-state index in [4.69, 9.17) is 18.9 Å². The normalized spacial score (nSPS) is 19.8. The van der Waals surface area contributed by atoms with Gasteiger partial charge in [0.25, 0.3) is 0 Å². The summed E-state index contributed by atoms with van der Waals surface area (Å²) >= 11 is 0. The zero-order valence-electron chi connectivity index (χ0n) is 40.3. The molecule has 2 fully saturated rings. The first-order valence-corrected chi connectivity index (χ1v) is 26.4. The fraction of sp³-hybridized carbons (Fsp3) is 0.600. The second-order valence-electron chi connectivity index (χ2n) is 19.7. The quantitative estimate of drug-likeness (QED) is 0.0472. The van der Waals surface area contributed by atoms with Gasteiger partial charge in [0.2, 0.25) is 0 Å². The molecular weight excluding hydrogens is 785 g/mol. The van der Waals surface area contributed by atoms with E-state index in [0.29, 0.717) is 13.2 Å². The number of benzene rings is 4. The number of ether oxygens (including phenoxy) is 4. The summed E-state index contributed by atoms with van der Waals surface area (Å²) in [5.74, 6) is 5.60. The molecule has 0 unspecified atom stereocenters. The van der Waals surface area contributed by atoms with Crippen LogP contribution in [0.3, 0.4) is 0 Å². The molecule has 6 rings (SSSR count). The van der Waals surface area contributed by atoms with Crippen molar-refractivity contribution in [2.45, 2.75) is 193 Å². The minimum Gasteiger partial charge on any atom is -0.494 e. The summed E-state index contributed by atoms with van der Waals surface area (Å²) in [6.45, 7) is 7.13. The molecule has 0 saturated heterocycles. The Labute approximate surface area is 390 Å². The summed E-state index contributed by atoms with van der Waals surface area (Å²) in [4.78, 5) is 0. The maximum Gasteiger partial charge on any atom is 0.119 e. The van der Waals surface area contributed by atoms with Gasteiger partial charge in [0.05, 0.1) is 26.4 Å². The van der Waals surface area contributed by atoms with Crippen LogP contribution in [0.2, 0.25) is 0 Å². The van der Waals surface area contributed by atoms with Crippen molar-refractivity contribution >= 4 is 0 Å². The first-order valence-electron chi connectivity index (χ1n) is 26.4. The maximum absolute atomic E-state index is 6.83. The topological polar surface area (TPSA) is 36.9 Å². The second kappa shape index (κ2) is 29.8. The van der Waals surface area contributed by atoms with Crippen molar-refractivity contribution in [1.29, 1.82) is 0 Å². The highest BCUT2D eigenvalue weighted by atomic mass is 16.5. The minimum atomic E-state index is -0.298. The standard InChI is InChI=1S/C60H86O4/c1-3-5-7-9-13-21-49-29-33-51(34-30-49)23-19-45-61-57-41-37-53(38-42-57)47-63-59(55-25-15-11-16-26-55)60(56-27-17-12-18-28-56)64-48-54-39-43-58(44-40-54)62-46-20-24-52-35-31-50(32-36-52)22-14-10-8-6-4-2/h11-12,15-18,25-28,37-44,49-52,59-60H,3-10,13-14,19-24,29-36,45-48H2,1-2H3/t49-,50-,51-,52-,59-,60-/m1/s1. The van der Waals surface area contributed by atoms with Gasteiger partial charge in [-0.1, -0.05) is 227 Å². The predicted octanol–water partition coefficient (Wildman–Crippen LogP) is 17.6. The van der Waals surface area contributed by atoms with Crippen LogP contribution in [0.1, 0.15) is 202 Å². The highest BCUT2D eigenvalue weighted by Gasteiger charge is 2.27. The van der Waals surface area contributed by atoms with E-state index < -0.39 is 0 Å². The SMILES string of the molecule is CCCCCCC[C@H]1CC[C@H](CCCOc2ccc(CO[C@H](c3ccccc3)[C@H](OCc3ccc(OCCC[C@H]4CC[C@H](CCCCCCC)CC4)cc3)c3ccccc3)cc2)CC1. The first kappa shape index (κ1) is 49.8. The van der Waals surface area contributed by atoms with Crippen LogP contribution < -0.4 is 9.47 Å². The molecule has 4 heteroatoms. The first-order chi connectivity index (χ1) is 31.7. The molecule has 2 aliphatic carbocycles. The average Bonchev–Trinajstić information content (AvgIpc) is 3.35. The zero-order valence-corrected chi connectivity index (χ0v) is 40.3. The van der Waals surface area contributed by atoms with E-state index in [9.17, 15) is 0 Å². The third kappa shape index (κ3) is 18.4. The largest absolute Gasteiger partial charge is 0.494 e. The van der Waals surface area contributed by atoms with Crippen LogP contribution in [0, 0.1) is 23.7 Å². The molecule has 0 bridgehead atoms. The van der Waals surface area contributed by atoms with E-state index in [-0.39, 0.29) is 12.2 Å². The van der Waals surface area contributed by atoms with Crippen molar-refractivity contribution in [1.82, 2.24) is 0 Å². The summed E-state index contributed by atoms with van der Waals surface area (Å²) in [5.41, 5.74) is 4.44. The summed E-state index contributed by atoms with van der Waals surface area (Å²) in [6.07, 6.45) is 32.7. The van der Waals surface area contributed by atoms with E-state index in [1.165, 1.54) is 141 Å². The summed E-state index contributed by atoms with van der Waals surface area (Å²) in [6, 6.07) is 38.0.